The van der Waals surface area contributed by atoms with E-state index in [4.69, 9.17) is 9.47 Å². The normalized spacial score (nSPS) is 13.6. The van der Waals surface area contributed by atoms with E-state index in [1.54, 1.807) is 21.1 Å². The average molecular weight is 286 g/mol. The molecule has 3 nitrogen and oxygen atoms in total. The Bertz CT molecular complexity index is 625. The van der Waals surface area contributed by atoms with Crippen LogP contribution < -0.4 is 9.47 Å². The monoisotopic (exact) mass is 286 g/mol. The number of hydrogen-bond acceptors (Lipinski definition) is 3. The molecule has 2 aromatic carbocycles. The van der Waals surface area contributed by atoms with Crippen molar-refractivity contribution < 1.29 is 14.6 Å². The van der Waals surface area contributed by atoms with Gasteiger partial charge >= 0.3 is 0 Å². The molecule has 0 bridgehead atoms. The van der Waals surface area contributed by atoms with Gasteiger partial charge in [0.2, 0.25) is 0 Å². The number of rotatable bonds is 4. The van der Waals surface area contributed by atoms with Crippen molar-refractivity contribution in [1.29, 1.82) is 0 Å². The standard InChI is InChI=1S/C18H22O3/c1-12-8-13(2)10-15(9-12)18(3,19)14-6-7-16(20-4)17(11-14)21-5/h6-11,19H,1-5H3. The molecule has 112 valence electrons. The van der Waals surface area contributed by atoms with Crippen LogP contribution in [0.25, 0.3) is 0 Å². The van der Waals surface area contributed by atoms with Crippen LogP contribution in [-0.2, 0) is 5.60 Å². The largest absolute Gasteiger partial charge is 0.493 e. The molecule has 1 N–H and O–H groups in total. The molecule has 0 saturated carbocycles. The van der Waals surface area contributed by atoms with E-state index in [-0.39, 0.29) is 0 Å². The molecular weight excluding hydrogens is 264 g/mol. The summed E-state index contributed by atoms with van der Waals surface area (Å²) in [5.41, 5.74) is 2.81. The molecule has 2 aromatic rings. The predicted molar refractivity (Wildman–Crippen MR) is 84.1 cm³/mol. The van der Waals surface area contributed by atoms with E-state index in [1.807, 2.05) is 44.2 Å². The van der Waals surface area contributed by atoms with Gasteiger partial charge in [-0.1, -0.05) is 35.4 Å². The Kier molecular flexibility index (Phi) is 4.24. The van der Waals surface area contributed by atoms with Crippen LogP contribution >= 0.6 is 0 Å². The van der Waals surface area contributed by atoms with Crippen molar-refractivity contribution >= 4 is 0 Å². The van der Waals surface area contributed by atoms with Crippen LogP contribution in [0.3, 0.4) is 0 Å². The smallest absolute Gasteiger partial charge is 0.161 e. The summed E-state index contributed by atoms with van der Waals surface area (Å²) in [7, 11) is 3.19. The van der Waals surface area contributed by atoms with Crippen LogP contribution in [0.4, 0.5) is 0 Å². The minimum Gasteiger partial charge on any atom is -0.493 e. The molecular formula is C18H22O3. The zero-order chi connectivity index (χ0) is 15.6. The van der Waals surface area contributed by atoms with Gasteiger partial charge in [-0.2, -0.15) is 0 Å². The van der Waals surface area contributed by atoms with E-state index in [2.05, 4.69) is 6.07 Å². The maximum atomic E-state index is 11.0. The van der Waals surface area contributed by atoms with Gasteiger partial charge in [0.15, 0.2) is 11.5 Å². The van der Waals surface area contributed by atoms with Gasteiger partial charge in [0, 0.05) is 0 Å². The summed E-state index contributed by atoms with van der Waals surface area (Å²) in [6.45, 7) is 5.85. The highest BCUT2D eigenvalue weighted by molar-refractivity contribution is 5.48. The van der Waals surface area contributed by atoms with Crippen LogP contribution in [0, 0.1) is 13.8 Å². The Morgan fingerprint density at radius 2 is 1.38 bits per heavy atom. The molecule has 1 atom stereocenters. The highest BCUT2D eigenvalue weighted by Gasteiger charge is 2.27. The topological polar surface area (TPSA) is 38.7 Å². The first-order valence-electron chi connectivity index (χ1n) is 6.92. The van der Waals surface area contributed by atoms with Crippen molar-refractivity contribution in [1.82, 2.24) is 0 Å². The molecule has 0 saturated heterocycles. The second kappa shape index (κ2) is 5.78. The van der Waals surface area contributed by atoms with Gasteiger partial charge in [-0.15, -0.1) is 0 Å². The van der Waals surface area contributed by atoms with Crippen LogP contribution in [-0.4, -0.2) is 19.3 Å². The summed E-state index contributed by atoms with van der Waals surface area (Å²) < 4.78 is 10.6. The van der Waals surface area contributed by atoms with Gasteiger partial charge in [-0.3, -0.25) is 0 Å². The summed E-state index contributed by atoms with van der Waals surface area (Å²) >= 11 is 0. The maximum absolute atomic E-state index is 11.0. The molecule has 0 spiro atoms. The Morgan fingerprint density at radius 1 is 0.810 bits per heavy atom. The fourth-order valence-corrected chi connectivity index (χ4v) is 2.56. The number of ether oxygens (including phenoxy) is 2. The second-order valence-electron chi connectivity index (χ2n) is 5.52. The average Bonchev–Trinajstić information content (AvgIpc) is 2.45. The Labute approximate surface area is 126 Å². The first kappa shape index (κ1) is 15.4. The van der Waals surface area contributed by atoms with Gasteiger partial charge in [0.1, 0.15) is 5.60 Å². The number of aliphatic hydroxyl groups is 1. The van der Waals surface area contributed by atoms with Crippen molar-refractivity contribution in [3.05, 3.63) is 58.7 Å². The Balaban J connectivity index is 2.52. The third-order valence-electron chi connectivity index (χ3n) is 3.73. The van der Waals surface area contributed by atoms with Gasteiger partial charge in [-0.05, 0) is 44.0 Å². The fourth-order valence-electron chi connectivity index (χ4n) is 2.56. The van der Waals surface area contributed by atoms with Crippen LogP contribution in [0.15, 0.2) is 36.4 Å². The third kappa shape index (κ3) is 3.03. The molecule has 0 amide bonds. The lowest BCUT2D eigenvalue weighted by Gasteiger charge is -2.26. The summed E-state index contributed by atoms with van der Waals surface area (Å²) in [6.07, 6.45) is 0. The van der Waals surface area contributed by atoms with E-state index in [0.717, 1.165) is 22.3 Å². The zero-order valence-corrected chi connectivity index (χ0v) is 13.2. The number of hydrogen-bond donors (Lipinski definition) is 1. The molecule has 3 heteroatoms. The van der Waals surface area contributed by atoms with Gasteiger partial charge in [-0.25, -0.2) is 0 Å². The van der Waals surface area contributed by atoms with Crippen molar-refractivity contribution in [2.75, 3.05) is 14.2 Å². The summed E-state index contributed by atoms with van der Waals surface area (Å²) in [5.74, 6) is 1.26. The SMILES string of the molecule is COc1ccc(C(C)(O)c2cc(C)cc(C)c2)cc1OC. The molecule has 0 aliphatic heterocycles. The number of benzene rings is 2. The maximum Gasteiger partial charge on any atom is 0.161 e. The molecule has 0 heterocycles. The molecule has 2 rings (SSSR count). The van der Waals surface area contributed by atoms with Gasteiger partial charge in [0.25, 0.3) is 0 Å². The van der Waals surface area contributed by atoms with Crippen molar-refractivity contribution in [3.8, 4) is 11.5 Å². The van der Waals surface area contributed by atoms with E-state index in [1.165, 1.54) is 0 Å². The summed E-state index contributed by atoms with van der Waals surface area (Å²) in [4.78, 5) is 0. The van der Waals surface area contributed by atoms with Crippen molar-refractivity contribution in [2.45, 2.75) is 26.4 Å². The molecule has 0 aliphatic carbocycles. The highest BCUT2D eigenvalue weighted by Crippen LogP contribution is 2.36. The fraction of sp³-hybridized carbons (Fsp3) is 0.333. The first-order valence-corrected chi connectivity index (χ1v) is 6.92. The Hall–Kier alpha value is -2.00. The number of methoxy groups -OCH3 is 2. The van der Waals surface area contributed by atoms with Crippen LogP contribution in [0.1, 0.15) is 29.2 Å². The minimum absolute atomic E-state index is 0.611. The van der Waals surface area contributed by atoms with E-state index < -0.39 is 5.60 Å². The van der Waals surface area contributed by atoms with E-state index in [0.29, 0.717) is 11.5 Å². The molecule has 0 aliphatic rings. The number of aryl methyl sites for hydroxylation is 2. The third-order valence-corrected chi connectivity index (χ3v) is 3.73. The summed E-state index contributed by atoms with van der Waals surface area (Å²) in [6, 6.07) is 11.6. The van der Waals surface area contributed by atoms with Gasteiger partial charge in [0.05, 0.1) is 14.2 Å². The predicted octanol–water partition coefficient (Wildman–Crippen LogP) is 3.58. The Morgan fingerprint density at radius 3 is 1.90 bits per heavy atom. The second-order valence-corrected chi connectivity index (χ2v) is 5.52. The lowest BCUT2D eigenvalue weighted by molar-refractivity contribution is 0.102. The summed E-state index contributed by atoms with van der Waals surface area (Å²) in [5, 5.41) is 11.0. The molecule has 1 unspecified atom stereocenters. The lowest BCUT2D eigenvalue weighted by Crippen LogP contribution is -2.23. The van der Waals surface area contributed by atoms with Crippen molar-refractivity contribution in [2.24, 2.45) is 0 Å². The molecule has 21 heavy (non-hydrogen) atoms. The first-order chi connectivity index (χ1) is 9.88. The quantitative estimate of drug-likeness (QED) is 0.933. The van der Waals surface area contributed by atoms with E-state index in [9.17, 15) is 5.11 Å². The molecule has 0 radical (unpaired) electrons. The lowest BCUT2D eigenvalue weighted by atomic mass is 9.86. The van der Waals surface area contributed by atoms with Crippen LogP contribution in [0.2, 0.25) is 0 Å². The minimum atomic E-state index is -1.09. The van der Waals surface area contributed by atoms with E-state index >= 15 is 0 Å². The highest BCUT2D eigenvalue weighted by atomic mass is 16.5. The van der Waals surface area contributed by atoms with Gasteiger partial charge < -0.3 is 14.6 Å². The van der Waals surface area contributed by atoms with Crippen molar-refractivity contribution in [3.63, 3.8) is 0 Å². The molecule has 0 aromatic heterocycles. The molecule has 0 fully saturated rings. The zero-order valence-electron chi connectivity index (χ0n) is 13.2. The van der Waals surface area contributed by atoms with Crippen LogP contribution in [0.5, 0.6) is 11.5 Å².